The monoisotopic (exact) mass is 725 g/mol. The lowest BCUT2D eigenvalue weighted by molar-refractivity contribution is -0.140. The zero-order valence-corrected chi connectivity index (χ0v) is 29.7. The number of nitrogens with zero attached hydrogens (tertiary/aromatic N) is 2. The molecule has 48 heavy (non-hydrogen) atoms. The standard InChI is InChI=1S/C37H38Cl3N3O4S/c1-26-31(38)18-11-19-34(26)43(48(46,47)30-16-9-4-10-17-30)25-36(44)42(24-28-20-21-32(39)33(40)22-28)35(23-27-12-5-2-6-13-27)37(45)41-29-14-7-3-8-15-29/h2,4-6,9-13,16-22,29,35H,3,7-8,14-15,23-25H2,1H3,(H,41,45). The SMILES string of the molecule is Cc1c(Cl)cccc1N(CC(=O)N(Cc1ccc(Cl)c(Cl)c1)C(Cc1ccccc1)C(=O)NC1CCCCC1)S(=O)(=O)c1ccccc1. The third-order valence-corrected chi connectivity index (χ3v) is 11.6. The van der Waals surface area contributed by atoms with Gasteiger partial charge in [0.15, 0.2) is 0 Å². The summed E-state index contributed by atoms with van der Waals surface area (Å²) >= 11 is 19.1. The fourth-order valence-electron chi connectivity index (χ4n) is 6.03. The van der Waals surface area contributed by atoms with Crippen molar-refractivity contribution in [1.82, 2.24) is 10.2 Å². The van der Waals surface area contributed by atoms with E-state index in [1.807, 2.05) is 30.3 Å². The summed E-state index contributed by atoms with van der Waals surface area (Å²) in [4.78, 5) is 30.5. The molecule has 1 aliphatic rings. The van der Waals surface area contributed by atoms with Crippen LogP contribution in [-0.2, 0) is 32.6 Å². The van der Waals surface area contributed by atoms with Crippen LogP contribution in [0.3, 0.4) is 0 Å². The van der Waals surface area contributed by atoms with Gasteiger partial charge in [-0.1, -0.05) is 115 Å². The molecule has 7 nitrogen and oxygen atoms in total. The summed E-state index contributed by atoms with van der Waals surface area (Å²) in [6, 6.07) is 26.4. The molecule has 1 aliphatic carbocycles. The van der Waals surface area contributed by atoms with Gasteiger partial charge in [-0.2, -0.15) is 0 Å². The zero-order valence-electron chi connectivity index (χ0n) is 26.6. The number of rotatable bonds is 12. The van der Waals surface area contributed by atoms with Crippen molar-refractivity contribution in [2.24, 2.45) is 0 Å². The maximum Gasteiger partial charge on any atom is 0.264 e. The number of anilines is 1. The van der Waals surface area contributed by atoms with Gasteiger partial charge in [0.1, 0.15) is 12.6 Å². The fourth-order valence-corrected chi connectivity index (χ4v) is 8.02. The van der Waals surface area contributed by atoms with Gasteiger partial charge in [-0.3, -0.25) is 13.9 Å². The number of carbonyl (C=O) groups excluding carboxylic acids is 2. The number of sulfonamides is 1. The minimum absolute atomic E-state index is 0.00415. The minimum Gasteiger partial charge on any atom is -0.352 e. The van der Waals surface area contributed by atoms with Crippen LogP contribution in [0, 0.1) is 6.92 Å². The molecule has 0 aliphatic heterocycles. The van der Waals surface area contributed by atoms with Crippen molar-refractivity contribution in [3.63, 3.8) is 0 Å². The summed E-state index contributed by atoms with van der Waals surface area (Å²) in [7, 11) is -4.25. The van der Waals surface area contributed by atoms with E-state index in [0.717, 1.165) is 42.0 Å². The molecule has 1 unspecified atom stereocenters. The number of halogens is 3. The number of hydrogen-bond acceptors (Lipinski definition) is 4. The summed E-state index contributed by atoms with van der Waals surface area (Å²) in [6.45, 7) is 1.11. The van der Waals surface area contributed by atoms with Crippen LogP contribution < -0.4 is 9.62 Å². The van der Waals surface area contributed by atoms with Crippen molar-refractivity contribution in [2.45, 2.75) is 69.0 Å². The average molecular weight is 727 g/mol. The van der Waals surface area contributed by atoms with Gasteiger partial charge in [-0.25, -0.2) is 8.42 Å². The molecule has 11 heteroatoms. The van der Waals surface area contributed by atoms with Crippen LogP contribution in [0.1, 0.15) is 48.8 Å². The van der Waals surface area contributed by atoms with E-state index in [4.69, 9.17) is 34.8 Å². The van der Waals surface area contributed by atoms with Crippen LogP contribution in [-0.4, -0.2) is 43.8 Å². The molecule has 0 saturated heterocycles. The van der Waals surface area contributed by atoms with E-state index < -0.39 is 28.5 Å². The molecule has 0 radical (unpaired) electrons. The van der Waals surface area contributed by atoms with E-state index in [1.165, 1.54) is 17.0 Å². The molecule has 0 bridgehead atoms. The Morgan fingerprint density at radius 3 is 2.12 bits per heavy atom. The lowest BCUT2D eigenvalue weighted by Gasteiger charge is -2.35. The molecule has 4 aromatic rings. The van der Waals surface area contributed by atoms with Crippen LogP contribution in [0.25, 0.3) is 0 Å². The number of benzene rings is 4. The van der Waals surface area contributed by atoms with E-state index >= 15 is 0 Å². The lowest BCUT2D eigenvalue weighted by Crippen LogP contribution is -2.55. The van der Waals surface area contributed by atoms with Crippen LogP contribution in [0.5, 0.6) is 0 Å². The van der Waals surface area contributed by atoms with Gasteiger partial charge < -0.3 is 10.2 Å². The molecule has 2 amide bonds. The first-order chi connectivity index (χ1) is 23.0. The van der Waals surface area contributed by atoms with Crippen molar-refractivity contribution in [1.29, 1.82) is 0 Å². The second-order valence-electron chi connectivity index (χ2n) is 12.0. The quantitative estimate of drug-likeness (QED) is 0.159. The van der Waals surface area contributed by atoms with Crippen LogP contribution in [0.2, 0.25) is 15.1 Å². The maximum atomic E-state index is 14.7. The average Bonchev–Trinajstić information content (AvgIpc) is 3.09. The van der Waals surface area contributed by atoms with Crippen LogP contribution >= 0.6 is 34.8 Å². The van der Waals surface area contributed by atoms with Crippen molar-refractivity contribution >= 4 is 62.3 Å². The van der Waals surface area contributed by atoms with Crippen molar-refractivity contribution in [3.8, 4) is 0 Å². The molecular weight excluding hydrogens is 689 g/mol. The Kier molecular flexibility index (Phi) is 12.1. The second kappa shape index (κ2) is 16.2. The predicted molar refractivity (Wildman–Crippen MR) is 193 cm³/mol. The zero-order chi connectivity index (χ0) is 34.3. The van der Waals surface area contributed by atoms with Gasteiger partial charge in [-0.05, 0) is 72.9 Å². The molecular formula is C37H38Cl3N3O4S. The Hall–Kier alpha value is -3.56. The molecule has 1 atom stereocenters. The molecule has 0 heterocycles. The van der Waals surface area contributed by atoms with E-state index in [1.54, 1.807) is 61.5 Å². The fraction of sp³-hybridized carbons (Fsp3) is 0.297. The Balaban J connectivity index is 1.59. The minimum atomic E-state index is -4.25. The van der Waals surface area contributed by atoms with Gasteiger partial charge in [0.2, 0.25) is 11.8 Å². The Morgan fingerprint density at radius 1 is 0.792 bits per heavy atom. The smallest absolute Gasteiger partial charge is 0.264 e. The van der Waals surface area contributed by atoms with Gasteiger partial charge in [0.05, 0.1) is 20.6 Å². The number of amides is 2. The van der Waals surface area contributed by atoms with Gasteiger partial charge in [0.25, 0.3) is 10.0 Å². The lowest BCUT2D eigenvalue weighted by atomic mass is 9.94. The third kappa shape index (κ3) is 8.72. The first kappa shape index (κ1) is 35.7. The van der Waals surface area contributed by atoms with Crippen molar-refractivity contribution in [2.75, 3.05) is 10.8 Å². The Morgan fingerprint density at radius 2 is 1.46 bits per heavy atom. The molecule has 252 valence electrons. The highest BCUT2D eigenvalue weighted by Gasteiger charge is 2.36. The molecule has 0 spiro atoms. The Bertz CT molecular complexity index is 1840. The summed E-state index contributed by atoms with van der Waals surface area (Å²) in [5.74, 6) is -0.866. The highest BCUT2D eigenvalue weighted by Crippen LogP contribution is 2.32. The predicted octanol–water partition coefficient (Wildman–Crippen LogP) is 8.24. The van der Waals surface area contributed by atoms with Crippen LogP contribution in [0.15, 0.2) is 102 Å². The molecule has 0 aromatic heterocycles. The molecule has 4 aromatic carbocycles. The number of carbonyl (C=O) groups is 2. The highest BCUT2D eigenvalue weighted by molar-refractivity contribution is 7.92. The van der Waals surface area contributed by atoms with E-state index in [9.17, 15) is 18.0 Å². The van der Waals surface area contributed by atoms with Gasteiger partial charge >= 0.3 is 0 Å². The highest BCUT2D eigenvalue weighted by atomic mass is 35.5. The molecule has 1 N–H and O–H groups in total. The number of hydrogen-bond donors (Lipinski definition) is 1. The normalized spacial score (nSPS) is 14.2. The first-order valence-corrected chi connectivity index (χ1v) is 18.5. The van der Waals surface area contributed by atoms with Gasteiger partial charge in [0, 0.05) is 24.0 Å². The largest absolute Gasteiger partial charge is 0.352 e. The first-order valence-electron chi connectivity index (χ1n) is 15.9. The molecule has 1 fully saturated rings. The third-order valence-electron chi connectivity index (χ3n) is 8.68. The van der Waals surface area contributed by atoms with E-state index in [2.05, 4.69) is 5.32 Å². The van der Waals surface area contributed by atoms with Crippen molar-refractivity contribution in [3.05, 3.63) is 129 Å². The van der Waals surface area contributed by atoms with Gasteiger partial charge in [-0.15, -0.1) is 0 Å². The summed E-state index contributed by atoms with van der Waals surface area (Å²) < 4.78 is 29.6. The number of nitrogens with one attached hydrogen (secondary N) is 1. The second-order valence-corrected chi connectivity index (χ2v) is 15.1. The molecule has 5 rings (SSSR count). The molecule has 1 saturated carbocycles. The maximum absolute atomic E-state index is 14.7. The van der Waals surface area contributed by atoms with E-state index in [0.29, 0.717) is 26.2 Å². The van der Waals surface area contributed by atoms with Crippen molar-refractivity contribution < 1.29 is 18.0 Å². The van der Waals surface area contributed by atoms with E-state index in [-0.39, 0.29) is 35.5 Å². The van der Waals surface area contributed by atoms with Crippen LogP contribution in [0.4, 0.5) is 5.69 Å². The topological polar surface area (TPSA) is 86.8 Å². The summed E-state index contributed by atoms with van der Waals surface area (Å²) in [5, 5.41) is 4.22. The Labute approximate surface area is 297 Å². The summed E-state index contributed by atoms with van der Waals surface area (Å²) in [6.07, 6.45) is 5.10. The summed E-state index contributed by atoms with van der Waals surface area (Å²) in [5.41, 5.74) is 2.25.